The van der Waals surface area contributed by atoms with E-state index in [4.69, 9.17) is 15.2 Å². The smallest absolute Gasteiger partial charge is 0.323 e. The topological polar surface area (TPSA) is 78.6 Å². The summed E-state index contributed by atoms with van der Waals surface area (Å²) in [7, 11) is 0. The molecule has 194 valence electrons. The lowest BCUT2D eigenvalue weighted by atomic mass is 10.0. The van der Waals surface area contributed by atoms with Crippen LogP contribution < -0.4 is 5.73 Å². The fraction of sp³-hybridized carbons (Fsp3) is 0.212. The molecule has 0 amide bonds. The maximum atomic E-state index is 12.4. The van der Waals surface area contributed by atoms with Crippen LogP contribution in [0.4, 0.5) is 0 Å². The van der Waals surface area contributed by atoms with Crippen molar-refractivity contribution in [2.75, 3.05) is 0 Å². The summed E-state index contributed by atoms with van der Waals surface area (Å²) in [4.78, 5) is 24.6. The third kappa shape index (κ3) is 8.71. The highest BCUT2D eigenvalue weighted by Crippen LogP contribution is 2.14. The molecule has 0 saturated heterocycles. The van der Waals surface area contributed by atoms with Gasteiger partial charge in [-0.15, -0.1) is 0 Å². The molecule has 0 saturated carbocycles. The van der Waals surface area contributed by atoms with Gasteiger partial charge in [0.05, 0.1) is 0 Å². The highest BCUT2D eigenvalue weighted by atomic mass is 16.5. The molecule has 0 unspecified atom stereocenters. The number of ether oxygens (including phenoxy) is 2. The maximum absolute atomic E-state index is 12.4. The molecule has 0 aromatic heterocycles. The van der Waals surface area contributed by atoms with Crippen molar-refractivity contribution in [2.24, 2.45) is 5.73 Å². The molecule has 5 nitrogen and oxygen atoms in total. The first-order valence-corrected chi connectivity index (χ1v) is 12.9. The summed E-state index contributed by atoms with van der Waals surface area (Å²) in [6.07, 6.45) is 1.84. The Kier molecular flexibility index (Phi) is 9.82. The van der Waals surface area contributed by atoms with Crippen molar-refractivity contribution in [3.63, 3.8) is 0 Å². The number of nitrogens with two attached hydrogens (primary N) is 1. The molecule has 0 radical (unpaired) electrons. The summed E-state index contributed by atoms with van der Waals surface area (Å²) < 4.78 is 10.8. The maximum Gasteiger partial charge on any atom is 0.323 e. The van der Waals surface area contributed by atoms with Crippen LogP contribution in [0, 0.1) is 0 Å². The van der Waals surface area contributed by atoms with Crippen LogP contribution in [0.25, 0.3) is 0 Å². The highest BCUT2D eigenvalue weighted by Gasteiger charge is 2.17. The average Bonchev–Trinajstić information content (AvgIpc) is 2.95. The molecule has 0 spiro atoms. The lowest BCUT2D eigenvalue weighted by Crippen LogP contribution is -2.32. The molecular formula is C33H33NO4. The van der Waals surface area contributed by atoms with Crippen molar-refractivity contribution in [1.29, 1.82) is 0 Å². The van der Waals surface area contributed by atoms with Crippen LogP contribution >= 0.6 is 0 Å². The molecule has 2 N–H and O–H groups in total. The third-order valence-electron chi connectivity index (χ3n) is 6.23. The first-order chi connectivity index (χ1) is 18.5. The number of esters is 2. The van der Waals surface area contributed by atoms with E-state index in [-0.39, 0.29) is 26.1 Å². The van der Waals surface area contributed by atoms with Crippen LogP contribution in [0.5, 0.6) is 0 Å². The van der Waals surface area contributed by atoms with E-state index in [0.29, 0.717) is 0 Å². The zero-order valence-electron chi connectivity index (χ0n) is 21.4. The zero-order chi connectivity index (χ0) is 26.6. The second-order valence-electron chi connectivity index (χ2n) is 9.38. The largest absolute Gasteiger partial charge is 0.461 e. The van der Waals surface area contributed by atoms with Crippen LogP contribution in [-0.2, 0) is 45.1 Å². The number of hydrogen-bond acceptors (Lipinski definition) is 5. The molecule has 4 rings (SSSR count). The van der Waals surface area contributed by atoms with Crippen molar-refractivity contribution in [1.82, 2.24) is 0 Å². The van der Waals surface area contributed by atoms with Gasteiger partial charge in [0.2, 0.25) is 0 Å². The number of benzene rings is 4. The normalized spacial score (nSPS) is 11.5. The van der Waals surface area contributed by atoms with Gasteiger partial charge >= 0.3 is 11.9 Å². The fourth-order valence-corrected chi connectivity index (χ4v) is 4.21. The molecule has 5 heteroatoms. The molecule has 0 fully saturated rings. The molecular weight excluding hydrogens is 474 g/mol. The lowest BCUT2D eigenvalue weighted by Gasteiger charge is -2.12. The van der Waals surface area contributed by atoms with E-state index in [1.807, 2.05) is 72.8 Å². The summed E-state index contributed by atoms with van der Waals surface area (Å²) in [6.45, 7) is 0.319. The van der Waals surface area contributed by atoms with Gasteiger partial charge in [-0.2, -0.15) is 0 Å². The van der Waals surface area contributed by atoms with E-state index < -0.39 is 18.0 Å². The molecule has 0 aliphatic heterocycles. The second-order valence-corrected chi connectivity index (χ2v) is 9.38. The molecule has 0 aliphatic carbocycles. The van der Waals surface area contributed by atoms with Crippen molar-refractivity contribution < 1.29 is 19.1 Å². The quantitative estimate of drug-likeness (QED) is 0.247. The van der Waals surface area contributed by atoms with Gasteiger partial charge in [0.15, 0.2) is 0 Å². The Labute approximate surface area is 224 Å². The summed E-state index contributed by atoms with van der Waals surface area (Å²) in [5.74, 6) is -0.921. The van der Waals surface area contributed by atoms with Gasteiger partial charge in [-0.05, 0) is 52.6 Å². The predicted molar refractivity (Wildman–Crippen MR) is 148 cm³/mol. The zero-order valence-corrected chi connectivity index (χ0v) is 21.4. The molecule has 1 atom stereocenters. The monoisotopic (exact) mass is 507 g/mol. The lowest BCUT2D eigenvalue weighted by molar-refractivity contribution is -0.148. The van der Waals surface area contributed by atoms with Gasteiger partial charge in [0.1, 0.15) is 19.3 Å². The van der Waals surface area contributed by atoms with E-state index in [1.54, 1.807) is 0 Å². The second kappa shape index (κ2) is 13.9. The third-order valence-corrected chi connectivity index (χ3v) is 6.23. The van der Waals surface area contributed by atoms with Gasteiger partial charge in [-0.25, -0.2) is 0 Å². The van der Waals surface area contributed by atoms with Gasteiger partial charge in [-0.3, -0.25) is 9.59 Å². The predicted octanol–water partition coefficient (Wildman–Crippen LogP) is 5.76. The van der Waals surface area contributed by atoms with Crippen LogP contribution in [0.3, 0.4) is 0 Å². The Hall–Kier alpha value is -4.22. The van der Waals surface area contributed by atoms with Crippen LogP contribution in [0.2, 0.25) is 0 Å². The summed E-state index contributed by atoms with van der Waals surface area (Å²) in [6, 6.07) is 35.5. The molecule has 0 bridgehead atoms. The minimum atomic E-state index is -0.885. The molecule has 4 aromatic carbocycles. The van der Waals surface area contributed by atoms with E-state index in [0.717, 1.165) is 35.1 Å². The number of carbonyl (C=O) groups excluding carboxylic acids is 2. The van der Waals surface area contributed by atoms with E-state index in [9.17, 15) is 9.59 Å². The Balaban J connectivity index is 1.17. The average molecular weight is 508 g/mol. The number of rotatable bonds is 12. The highest BCUT2D eigenvalue weighted by molar-refractivity contribution is 5.77. The summed E-state index contributed by atoms with van der Waals surface area (Å²) >= 11 is 0. The Bertz CT molecular complexity index is 1320. The number of hydrogen-bond donors (Lipinski definition) is 1. The van der Waals surface area contributed by atoms with Gasteiger partial charge in [-0.1, -0.05) is 109 Å². The fourth-order valence-electron chi connectivity index (χ4n) is 4.21. The van der Waals surface area contributed by atoms with Crippen LogP contribution in [0.1, 0.15) is 46.2 Å². The Morgan fingerprint density at radius 2 is 1.03 bits per heavy atom. The Morgan fingerprint density at radius 3 is 1.55 bits per heavy atom. The van der Waals surface area contributed by atoms with Crippen molar-refractivity contribution in [3.05, 3.63) is 143 Å². The first kappa shape index (κ1) is 26.8. The van der Waals surface area contributed by atoms with Crippen LogP contribution in [0.15, 0.2) is 109 Å². The van der Waals surface area contributed by atoms with Gasteiger partial charge < -0.3 is 15.2 Å². The standard InChI is InChI=1S/C33H33NO4/c34-31(33(36)38-24-30-16-8-14-28(22-30)20-26-11-5-2-6-12-26)17-18-32(35)37-23-29-15-7-13-27(21-29)19-25-9-3-1-4-10-25/h1-16,21-22,31H,17-20,23-24,34H2/t31-/m1/s1. The summed E-state index contributed by atoms with van der Waals surface area (Å²) in [5, 5.41) is 0. The van der Waals surface area contributed by atoms with E-state index in [1.165, 1.54) is 11.1 Å². The molecule has 4 aromatic rings. The van der Waals surface area contributed by atoms with Crippen LogP contribution in [-0.4, -0.2) is 18.0 Å². The van der Waals surface area contributed by atoms with Gasteiger partial charge in [0, 0.05) is 6.42 Å². The SMILES string of the molecule is N[C@H](CCC(=O)OCc1cccc(Cc2ccccc2)c1)C(=O)OCc1cccc(Cc2ccccc2)c1. The van der Waals surface area contributed by atoms with E-state index >= 15 is 0 Å². The molecule has 0 heterocycles. The minimum absolute atomic E-state index is 0.0481. The first-order valence-electron chi connectivity index (χ1n) is 12.9. The summed E-state index contributed by atoms with van der Waals surface area (Å²) in [5.41, 5.74) is 12.5. The van der Waals surface area contributed by atoms with Crippen molar-refractivity contribution in [3.8, 4) is 0 Å². The van der Waals surface area contributed by atoms with Gasteiger partial charge in [0.25, 0.3) is 0 Å². The molecule has 0 aliphatic rings. The van der Waals surface area contributed by atoms with E-state index in [2.05, 4.69) is 36.4 Å². The minimum Gasteiger partial charge on any atom is -0.461 e. The Morgan fingerprint density at radius 1 is 0.579 bits per heavy atom. The van der Waals surface area contributed by atoms with Crippen molar-refractivity contribution in [2.45, 2.75) is 44.9 Å². The van der Waals surface area contributed by atoms with Crippen molar-refractivity contribution >= 4 is 11.9 Å². The molecule has 38 heavy (non-hydrogen) atoms. The number of carbonyl (C=O) groups is 2.